The second-order valence-electron chi connectivity index (χ2n) is 4.78. The summed E-state index contributed by atoms with van der Waals surface area (Å²) in [6, 6.07) is 7.79. The minimum Gasteiger partial charge on any atom is -0.497 e. The van der Waals surface area contributed by atoms with Crippen LogP contribution in [0.1, 0.15) is 25.7 Å². The molecule has 2 rings (SSSR count). The van der Waals surface area contributed by atoms with Crippen LogP contribution in [0.5, 0.6) is 11.5 Å². The van der Waals surface area contributed by atoms with Crippen LogP contribution in [0.25, 0.3) is 0 Å². The van der Waals surface area contributed by atoms with Crippen molar-refractivity contribution >= 4 is 0 Å². The topological polar surface area (TPSA) is 21.7 Å². The lowest BCUT2D eigenvalue weighted by molar-refractivity contribution is 0.278. The lowest BCUT2D eigenvalue weighted by Crippen LogP contribution is -2.20. The molecule has 3 nitrogen and oxygen atoms in total. The molecule has 1 aliphatic heterocycles. The lowest BCUT2D eigenvalue weighted by Gasteiger charge is -2.14. The quantitative estimate of drug-likeness (QED) is 0.693. The molecule has 0 bridgehead atoms. The van der Waals surface area contributed by atoms with Gasteiger partial charge in [-0.1, -0.05) is 6.07 Å². The first-order valence-corrected chi connectivity index (χ1v) is 6.88. The van der Waals surface area contributed by atoms with E-state index in [4.69, 9.17) is 9.47 Å². The van der Waals surface area contributed by atoms with Gasteiger partial charge in [-0.05, 0) is 57.5 Å². The number of rotatable bonds is 7. The maximum atomic E-state index is 5.71. The molecule has 0 spiro atoms. The third-order valence-corrected chi connectivity index (χ3v) is 3.38. The fourth-order valence-electron chi connectivity index (χ4n) is 2.32. The Bertz CT molecular complexity index is 348. The highest BCUT2D eigenvalue weighted by Gasteiger charge is 2.09. The second kappa shape index (κ2) is 7.27. The maximum Gasteiger partial charge on any atom is 0.122 e. The molecule has 18 heavy (non-hydrogen) atoms. The van der Waals surface area contributed by atoms with Crippen molar-refractivity contribution in [3.05, 3.63) is 24.3 Å². The molecule has 0 saturated carbocycles. The van der Waals surface area contributed by atoms with Gasteiger partial charge in [0.1, 0.15) is 11.5 Å². The van der Waals surface area contributed by atoms with Gasteiger partial charge >= 0.3 is 0 Å². The van der Waals surface area contributed by atoms with Gasteiger partial charge in [0.15, 0.2) is 0 Å². The molecule has 1 aromatic carbocycles. The molecule has 0 radical (unpaired) electrons. The highest BCUT2D eigenvalue weighted by Crippen LogP contribution is 2.19. The van der Waals surface area contributed by atoms with Gasteiger partial charge < -0.3 is 14.4 Å². The predicted molar refractivity (Wildman–Crippen MR) is 73.4 cm³/mol. The van der Waals surface area contributed by atoms with E-state index >= 15 is 0 Å². The Kier molecular flexibility index (Phi) is 5.34. The maximum absolute atomic E-state index is 5.71. The van der Waals surface area contributed by atoms with Crippen molar-refractivity contribution in [3.8, 4) is 11.5 Å². The van der Waals surface area contributed by atoms with Crippen LogP contribution in [0.15, 0.2) is 24.3 Å². The van der Waals surface area contributed by atoms with Gasteiger partial charge in [-0.15, -0.1) is 0 Å². The predicted octanol–water partition coefficient (Wildman–Crippen LogP) is 2.95. The Morgan fingerprint density at radius 3 is 2.67 bits per heavy atom. The summed E-state index contributed by atoms with van der Waals surface area (Å²) in [5.41, 5.74) is 0. The van der Waals surface area contributed by atoms with Gasteiger partial charge in [-0.3, -0.25) is 0 Å². The van der Waals surface area contributed by atoms with Crippen molar-refractivity contribution in [2.75, 3.05) is 33.4 Å². The molecule has 0 aromatic heterocycles. The number of ether oxygens (including phenoxy) is 2. The van der Waals surface area contributed by atoms with Crippen molar-refractivity contribution in [1.82, 2.24) is 4.90 Å². The van der Waals surface area contributed by atoms with E-state index in [-0.39, 0.29) is 0 Å². The van der Waals surface area contributed by atoms with Crippen LogP contribution in [0.2, 0.25) is 0 Å². The lowest BCUT2D eigenvalue weighted by atomic mass is 10.3. The molecule has 1 heterocycles. The molecule has 0 amide bonds. The summed E-state index contributed by atoms with van der Waals surface area (Å²) in [7, 11) is 1.68. The Hall–Kier alpha value is -1.22. The van der Waals surface area contributed by atoms with E-state index in [1.165, 1.54) is 38.9 Å². The molecule has 1 fully saturated rings. The van der Waals surface area contributed by atoms with Gasteiger partial charge in [0.25, 0.3) is 0 Å². The van der Waals surface area contributed by atoms with Crippen LogP contribution in [0.3, 0.4) is 0 Å². The molecular weight excluding hydrogens is 226 g/mol. The summed E-state index contributed by atoms with van der Waals surface area (Å²) in [4.78, 5) is 2.55. The van der Waals surface area contributed by atoms with Crippen molar-refractivity contribution < 1.29 is 9.47 Å². The van der Waals surface area contributed by atoms with Crippen LogP contribution in [0.4, 0.5) is 0 Å². The zero-order chi connectivity index (χ0) is 12.6. The number of nitrogens with zero attached hydrogens (tertiary/aromatic N) is 1. The van der Waals surface area contributed by atoms with Gasteiger partial charge in [0.05, 0.1) is 13.7 Å². The first-order valence-electron chi connectivity index (χ1n) is 6.88. The van der Waals surface area contributed by atoms with Gasteiger partial charge in [0.2, 0.25) is 0 Å². The van der Waals surface area contributed by atoms with E-state index in [0.717, 1.165) is 24.5 Å². The minimum atomic E-state index is 0.793. The van der Waals surface area contributed by atoms with E-state index in [1.807, 2.05) is 24.3 Å². The first kappa shape index (κ1) is 13.2. The zero-order valence-corrected chi connectivity index (χ0v) is 11.2. The van der Waals surface area contributed by atoms with E-state index < -0.39 is 0 Å². The standard InChI is InChI=1S/C15H23NO2/c1-17-14-7-6-8-15(13-14)18-12-5-4-11-16-9-2-3-10-16/h6-8,13H,2-5,9-12H2,1H3. The highest BCUT2D eigenvalue weighted by molar-refractivity contribution is 5.32. The van der Waals surface area contributed by atoms with E-state index in [9.17, 15) is 0 Å². The Balaban J connectivity index is 1.59. The number of likely N-dealkylation sites (tertiary alicyclic amines) is 1. The molecule has 1 aromatic rings. The molecule has 1 aliphatic rings. The monoisotopic (exact) mass is 249 g/mol. The average Bonchev–Trinajstić information content (AvgIpc) is 2.92. The number of methoxy groups -OCH3 is 1. The Labute approximate surface area is 110 Å². The van der Waals surface area contributed by atoms with Gasteiger partial charge in [-0.25, -0.2) is 0 Å². The third kappa shape index (κ3) is 4.22. The fraction of sp³-hybridized carbons (Fsp3) is 0.600. The van der Waals surface area contributed by atoms with Gasteiger partial charge in [0, 0.05) is 6.07 Å². The van der Waals surface area contributed by atoms with Crippen LogP contribution < -0.4 is 9.47 Å². The minimum absolute atomic E-state index is 0.793. The largest absolute Gasteiger partial charge is 0.497 e. The van der Waals surface area contributed by atoms with Crippen LogP contribution >= 0.6 is 0 Å². The summed E-state index contributed by atoms with van der Waals surface area (Å²) < 4.78 is 10.9. The second-order valence-corrected chi connectivity index (χ2v) is 4.78. The Morgan fingerprint density at radius 2 is 1.89 bits per heavy atom. The molecule has 3 heteroatoms. The van der Waals surface area contributed by atoms with Crippen molar-refractivity contribution in [2.24, 2.45) is 0 Å². The smallest absolute Gasteiger partial charge is 0.122 e. The van der Waals surface area contributed by atoms with Crippen LogP contribution in [0, 0.1) is 0 Å². The normalized spacial score (nSPS) is 15.8. The molecule has 0 aliphatic carbocycles. The molecule has 0 unspecified atom stereocenters. The number of hydrogen-bond donors (Lipinski definition) is 0. The molecule has 1 saturated heterocycles. The summed E-state index contributed by atoms with van der Waals surface area (Å²) in [5.74, 6) is 1.75. The SMILES string of the molecule is COc1cccc(OCCCCN2CCCC2)c1. The Morgan fingerprint density at radius 1 is 1.11 bits per heavy atom. The number of benzene rings is 1. The van der Waals surface area contributed by atoms with Crippen LogP contribution in [-0.2, 0) is 0 Å². The van der Waals surface area contributed by atoms with E-state index in [0.29, 0.717) is 0 Å². The molecular formula is C15H23NO2. The number of unbranched alkanes of at least 4 members (excludes halogenated alkanes) is 1. The first-order chi connectivity index (χ1) is 8.88. The molecule has 100 valence electrons. The summed E-state index contributed by atoms with van der Waals surface area (Å²) in [6.45, 7) is 4.59. The van der Waals surface area contributed by atoms with Crippen molar-refractivity contribution in [2.45, 2.75) is 25.7 Å². The fourth-order valence-corrected chi connectivity index (χ4v) is 2.32. The van der Waals surface area contributed by atoms with Gasteiger partial charge in [-0.2, -0.15) is 0 Å². The summed E-state index contributed by atoms with van der Waals surface area (Å²) in [5, 5.41) is 0. The average molecular weight is 249 g/mol. The van der Waals surface area contributed by atoms with E-state index in [2.05, 4.69) is 4.90 Å². The van der Waals surface area contributed by atoms with E-state index in [1.54, 1.807) is 7.11 Å². The van der Waals surface area contributed by atoms with Crippen molar-refractivity contribution in [1.29, 1.82) is 0 Å². The number of hydrogen-bond acceptors (Lipinski definition) is 3. The molecule has 0 atom stereocenters. The third-order valence-electron chi connectivity index (χ3n) is 3.38. The van der Waals surface area contributed by atoms with Crippen LogP contribution in [-0.4, -0.2) is 38.3 Å². The summed E-state index contributed by atoms with van der Waals surface area (Å²) in [6.07, 6.45) is 5.10. The molecule has 0 N–H and O–H groups in total. The highest BCUT2D eigenvalue weighted by atomic mass is 16.5. The summed E-state index contributed by atoms with van der Waals surface area (Å²) >= 11 is 0. The van der Waals surface area contributed by atoms with Crippen molar-refractivity contribution in [3.63, 3.8) is 0 Å². The zero-order valence-electron chi connectivity index (χ0n) is 11.2.